The number of rotatable bonds is 5. The topological polar surface area (TPSA) is 92.3 Å². The first-order chi connectivity index (χ1) is 12.4. The molecule has 1 saturated heterocycles. The molecule has 26 heavy (non-hydrogen) atoms. The number of sulfone groups is 1. The van der Waals surface area contributed by atoms with E-state index in [9.17, 15) is 18.0 Å². The number of nitrogens with one attached hydrogen (secondary N) is 2. The van der Waals surface area contributed by atoms with Crippen LogP contribution in [0.4, 0.5) is 0 Å². The van der Waals surface area contributed by atoms with Crippen LogP contribution in [-0.4, -0.2) is 44.3 Å². The molecule has 2 aromatic carbocycles. The van der Waals surface area contributed by atoms with Crippen molar-refractivity contribution in [3.63, 3.8) is 0 Å². The standard InChI is InChI=1S/C19H22N2O4S/c22-18(12-15-6-3-5-14-4-1-2-7-17(14)15)20-13-19(23)21-16-8-10-26(24,25)11-9-16/h1-7,16H,8-13H2,(H,20,22)(H,21,23). The number of amides is 2. The van der Waals surface area contributed by atoms with Crippen molar-refractivity contribution in [2.24, 2.45) is 0 Å². The van der Waals surface area contributed by atoms with E-state index in [0.29, 0.717) is 12.8 Å². The quantitative estimate of drug-likeness (QED) is 0.822. The second-order valence-electron chi connectivity index (χ2n) is 6.59. The lowest BCUT2D eigenvalue weighted by atomic mass is 10.0. The van der Waals surface area contributed by atoms with Crippen molar-refractivity contribution in [1.29, 1.82) is 0 Å². The second-order valence-corrected chi connectivity index (χ2v) is 8.89. The minimum Gasteiger partial charge on any atom is -0.352 e. The second kappa shape index (κ2) is 7.86. The molecule has 2 amide bonds. The van der Waals surface area contributed by atoms with Crippen LogP contribution in [0.2, 0.25) is 0 Å². The molecule has 0 saturated carbocycles. The predicted octanol–water partition coefficient (Wildman–Crippen LogP) is 1.19. The molecule has 1 fully saturated rings. The van der Waals surface area contributed by atoms with Gasteiger partial charge in [0.05, 0.1) is 24.5 Å². The van der Waals surface area contributed by atoms with E-state index < -0.39 is 9.84 Å². The van der Waals surface area contributed by atoms with Crippen LogP contribution in [-0.2, 0) is 25.8 Å². The summed E-state index contributed by atoms with van der Waals surface area (Å²) in [5, 5.41) is 7.52. The third-order valence-electron chi connectivity index (χ3n) is 4.60. The van der Waals surface area contributed by atoms with Crippen LogP contribution in [0.15, 0.2) is 42.5 Å². The van der Waals surface area contributed by atoms with E-state index in [2.05, 4.69) is 10.6 Å². The highest BCUT2D eigenvalue weighted by Gasteiger charge is 2.24. The number of carbonyl (C=O) groups is 2. The van der Waals surface area contributed by atoms with Gasteiger partial charge in [0, 0.05) is 6.04 Å². The van der Waals surface area contributed by atoms with Crippen molar-refractivity contribution in [3.05, 3.63) is 48.0 Å². The van der Waals surface area contributed by atoms with Gasteiger partial charge in [0.15, 0.2) is 0 Å². The maximum atomic E-state index is 12.2. The summed E-state index contributed by atoms with van der Waals surface area (Å²) in [6, 6.07) is 13.5. The Hall–Kier alpha value is -2.41. The van der Waals surface area contributed by atoms with Crippen molar-refractivity contribution in [2.75, 3.05) is 18.1 Å². The molecule has 138 valence electrons. The first kappa shape index (κ1) is 18.4. The third kappa shape index (κ3) is 4.82. The molecule has 0 spiro atoms. The molecular weight excluding hydrogens is 352 g/mol. The van der Waals surface area contributed by atoms with Crippen molar-refractivity contribution >= 4 is 32.4 Å². The van der Waals surface area contributed by atoms with Gasteiger partial charge >= 0.3 is 0 Å². The van der Waals surface area contributed by atoms with Gasteiger partial charge in [-0.15, -0.1) is 0 Å². The number of benzene rings is 2. The van der Waals surface area contributed by atoms with Crippen LogP contribution in [0.3, 0.4) is 0 Å². The molecular formula is C19H22N2O4S. The number of carbonyl (C=O) groups excluding carboxylic acids is 2. The van der Waals surface area contributed by atoms with Gasteiger partial charge in [-0.1, -0.05) is 42.5 Å². The fourth-order valence-corrected chi connectivity index (χ4v) is 4.67. The minimum atomic E-state index is -2.95. The SMILES string of the molecule is O=C(Cc1cccc2ccccc12)NCC(=O)NC1CCS(=O)(=O)CC1. The first-order valence-electron chi connectivity index (χ1n) is 8.66. The molecule has 1 aliphatic heterocycles. The fraction of sp³-hybridized carbons (Fsp3) is 0.368. The lowest BCUT2D eigenvalue weighted by Gasteiger charge is -2.23. The summed E-state index contributed by atoms with van der Waals surface area (Å²) in [6.45, 7) is -0.104. The average molecular weight is 374 g/mol. The Morgan fingerprint density at radius 3 is 2.42 bits per heavy atom. The summed E-state index contributed by atoms with van der Waals surface area (Å²) in [4.78, 5) is 24.1. The van der Waals surface area contributed by atoms with E-state index in [4.69, 9.17) is 0 Å². The lowest BCUT2D eigenvalue weighted by molar-refractivity contribution is -0.126. The summed E-state index contributed by atoms with van der Waals surface area (Å²) in [7, 11) is -2.95. The molecule has 1 aliphatic rings. The van der Waals surface area contributed by atoms with E-state index in [0.717, 1.165) is 16.3 Å². The summed E-state index contributed by atoms with van der Waals surface area (Å²) >= 11 is 0. The van der Waals surface area contributed by atoms with E-state index >= 15 is 0 Å². The van der Waals surface area contributed by atoms with E-state index in [1.807, 2.05) is 42.5 Å². The Kier molecular flexibility index (Phi) is 5.56. The highest BCUT2D eigenvalue weighted by Crippen LogP contribution is 2.18. The maximum absolute atomic E-state index is 12.2. The van der Waals surface area contributed by atoms with Crippen LogP contribution in [0.5, 0.6) is 0 Å². The van der Waals surface area contributed by atoms with E-state index in [1.165, 1.54) is 0 Å². The van der Waals surface area contributed by atoms with Gasteiger partial charge in [-0.2, -0.15) is 0 Å². The highest BCUT2D eigenvalue weighted by molar-refractivity contribution is 7.91. The fourth-order valence-electron chi connectivity index (χ4n) is 3.17. The van der Waals surface area contributed by atoms with Gasteiger partial charge in [0.2, 0.25) is 11.8 Å². The molecule has 7 heteroatoms. The molecule has 0 unspecified atom stereocenters. The molecule has 2 aromatic rings. The predicted molar refractivity (Wildman–Crippen MR) is 100 cm³/mol. The molecule has 1 heterocycles. The molecule has 0 bridgehead atoms. The highest BCUT2D eigenvalue weighted by atomic mass is 32.2. The van der Waals surface area contributed by atoms with Gasteiger partial charge < -0.3 is 10.6 Å². The van der Waals surface area contributed by atoms with Crippen LogP contribution in [0.1, 0.15) is 18.4 Å². The monoisotopic (exact) mass is 374 g/mol. The van der Waals surface area contributed by atoms with Crippen molar-refractivity contribution in [1.82, 2.24) is 10.6 Å². The lowest BCUT2D eigenvalue weighted by Crippen LogP contribution is -2.45. The van der Waals surface area contributed by atoms with Gasteiger partial charge in [-0.25, -0.2) is 8.42 Å². The third-order valence-corrected chi connectivity index (χ3v) is 6.31. The average Bonchev–Trinajstić information content (AvgIpc) is 2.62. The summed E-state index contributed by atoms with van der Waals surface area (Å²) in [6.07, 6.45) is 1.06. The van der Waals surface area contributed by atoms with Gasteiger partial charge in [0.25, 0.3) is 0 Å². The summed E-state index contributed by atoms with van der Waals surface area (Å²) in [5.74, 6) is -0.306. The molecule has 0 aliphatic carbocycles. The minimum absolute atomic E-state index is 0.103. The van der Waals surface area contributed by atoms with Crippen molar-refractivity contribution in [2.45, 2.75) is 25.3 Å². The molecule has 3 rings (SSSR count). The zero-order valence-corrected chi connectivity index (χ0v) is 15.2. The van der Waals surface area contributed by atoms with Crippen LogP contribution < -0.4 is 10.6 Å². The van der Waals surface area contributed by atoms with Gasteiger partial charge in [0.1, 0.15) is 9.84 Å². The Balaban J connectivity index is 1.49. The summed E-state index contributed by atoms with van der Waals surface area (Å²) in [5.41, 5.74) is 0.915. The Morgan fingerprint density at radius 2 is 1.65 bits per heavy atom. The largest absolute Gasteiger partial charge is 0.352 e. The zero-order valence-electron chi connectivity index (χ0n) is 14.4. The Labute approximate surface area is 152 Å². The smallest absolute Gasteiger partial charge is 0.239 e. The maximum Gasteiger partial charge on any atom is 0.239 e. The van der Waals surface area contributed by atoms with Gasteiger partial charge in [-0.05, 0) is 29.2 Å². The van der Waals surface area contributed by atoms with Crippen LogP contribution in [0, 0.1) is 0 Å². The van der Waals surface area contributed by atoms with Gasteiger partial charge in [-0.3, -0.25) is 9.59 Å². The van der Waals surface area contributed by atoms with E-state index in [1.54, 1.807) is 0 Å². The van der Waals surface area contributed by atoms with Crippen LogP contribution in [0.25, 0.3) is 10.8 Å². The molecule has 2 N–H and O–H groups in total. The van der Waals surface area contributed by atoms with Crippen LogP contribution >= 0.6 is 0 Å². The molecule has 6 nitrogen and oxygen atoms in total. The Morgan fingerprint density at radius 1 is 0.962 bits per heavy atom. The zero-order chi connectivity index (χ0) is 18.6. The normalized spacial score (nSPS) is 16.9. The number of hydrogen-bond acceptors (Lipinski definition) is 4. The number of hydrogen-bond donors (Lipinski definition) is 2. The molecule has 0 radical (unpaired) electrons. The molecule has 0 atom stereocenters. The molecule has 0 aromatic heterocycles. The van der Waals surface area contributed by atoms with Crippen molar-refractivity contribution < 1.29 is 18.0 Å². The summed E-state index contributed by atoms with van der Waals surface area (Å²) < 4.78 is 22.8. The first-order valence-corrected chi connectivity index (χ1v) is 10.5. The van der Waals surface area contributed by atoms with E-state index in [-0.39, 0.29) is 42.3 Å². The number of fused-ring (bicyclic) bond motifs is 1. The Bertz CT molecular complexity index is 905. The van der Waals surface area contributed by atoms with Crippen molar-refractivity contribution in [3.8, 4) is 0 Å².